The molecule has 2 atom stereocenters. The second kappa shape index (κ2) is 8.26. The molecule has 2 unspecified atom stereocenters. The summed E-state index contributed by atoms with van der Waals surface area (Å²) in [5.41, 5.74) is 2.12. The average molecular weight is 378 g/mol. The van der Waals surface area contributed by atoms with Crippen LogP contribution in [0.1, 0.15) is 43.3 Å². The van der Waals surface area contributed by atoms with Crippen LogP contribution in [-0.2, 0) is 16.1 Å². The van der Waals surface area contributed by atoms with Crippen LogP contribution in [0.2, 0.25) is 0 Å². The Hall–Kier alpha value is -1.80. The Kier molecular flexibility index (Phi) is 6.03. The summed E-state index contributed by atoms with van der Waals surface area (Å²) in [6.07, 6.45) is 3.10. The predicted molar refractivity (Wildman–Crippen MR) is 100 cm³/mol. The number of thioether (sulfide) groups is 1. The van der Waals surface area contributed by atoms with Gasteiger partial charge in [-0.15, -0.1) is 0 Å². The van der Waals surface area contributed by atoms with Crippen molar-refractivity contribution in [3.8, 4) is 0 Å². The molecule has 1 aliphatic rings. The lowest BCUT2D eigenvalue weighted by Gasteiger charge is -2.17. The Morgan fingerprint density at radius 1 is 1.46 bits per heavy atom. The van der Waals surface area contributed by atoms with Crippen molar-refractivity contribution >= 4 is 23.5 Å². The Morgan fingerprint density at radius 2 is 2.27 bits per heavy atom. The molecular formula is C18H26N4O3S. The van der Waals surface area contributed by atoms with Crippen LogP contribution < -0.4 is 5.32 Å². The van der Waals surface area contributed by atoms with E-state index in [2.05, 4.69) is 26.9 Å². The van der Waals surface area contributed by atoms with Crippen LogP contribution in [0.15, 0.2) is 15.7 Å². The van der Waals surface area contributed by atoms with E-state index >= 15 is 0 Å². The van der Waals surface area contributed by atoms with Gasteiger partial charge in [-0.05, 0) is 40.0 Å². The number of carbonyl (C=O) groups is 1. The highest BCUT2D eigenvalue weighted by atomic mass is 32.2. The van der Waals surface area contributed by atoms with Crippen LogP contribution in [0.4, 0.5) is 5.82 Å². The quantitative estimate of drug-likeness (QED) is 0.743. The van der Waals surface area contributed by atoms with E-state index in [1.54, 1.807) is 13.0 Å². The number of rotatable bonds is 7. The molecule has 0 saturated carbocycles. The number of imidazole rings is 1. The summed E-state index contributed by atoms with van der Waals surface area (Å²) in [7, 11) is 0. The summed E-state index contributed by atoms with van der Waals surface area (Å²) in [6.45, 7) is 9.48. The molecule has 1 fully saturated rings. The van der Waals surface area contributed by atoms with E-state index in [-0.39, 0.29) is 17.3 Å². The van der Waals surface area contributed by atoms with Crippen molar-refractivity contribution in [1.82, 2.24) is 14.7 Å². The SMILES string of the molecule is CCC(Sc1nc(C)c(C)n1CC1CCCO1)C(=O)Nc1cc(C)on1. The lowest BCUT2D eigenvalue weighted by Crippen LogP contribution is -2.25. The van der Waals surface area contributed by atoms with Crippen LogP contribution in [-0.4, -0.2) is 38.6 Å². The van der Waals surface area contributed by atoms with Crippen molar-refractivity contribution < 1.29 is 14.1 Å². The summed E-state index contributed by atoms with van der Waals surface area (Å²) in [5, 5.41) is 7.27. The number of anilines is 1. The molecule has 3 rings (SSSR count). The molecular weight excluding hydrogens is 352 g/mol. The van der Waals surface area contributed by atoms with Crippen molar-refractivity contribution in [2.24, 2.45) is 0 Å². The fourth-order valence-electron chi connectivity index (χ4n) is 3.00. The number of aryl methyl sites for hydroxylation is 2. The zero-order valence-electron chi connectivity index (χ0n) is 15.7. The molecule has 2 aromatic rings. The lowest BCUT2D eigenvalue weighted by molar-refractivity contribution is -0.115. The number of amides is 1. The number of hydrogen-bond donors (Lipinski definition) is 1. The first kappa shape index (κ1) is 19.0. The first-order chi connectivity index (χ1) is 12.5. The molecule has 0 bridgehead atoms. The lowest BCUT2D eigenvalue weighted by atomic mass is 10.2. The van der Waals surface area contributed by atoms with E-state index in [4.69, 9.17) is 9.26 Å². The smallest absolute Gasteiger partial charge is 0.239 e. The van der Waals surface area contributed by atoms with Crippen LogP contribution >= 0.6 is 11.8 Å². The van der Waals surface area contributed by atoms with Crippen molar-refractivity contribution in [2.45, 2.75) is 70.0 Å². The van der Waals surface area contributed by atoms with Gasteiger partial charge in [0.05, 0.1) is 23.6 Å². The minimum Gasteiger partial charge on any atom is -0.376 e. The molecule has 26 heavy (non-hydrogen) atoms. The molecule has 1 N–H and O–H groups in total. The molecule has 1 saturated heterocycles. The van der Waals surface area contributed by atoms with Crippen LogP contribution in [0.5, 0.6) is 0 Å². The van der Waals surface area contributed by atoms with Gasteiger partial charge in [-0.25, -0.2) is 4.98 Å². The zero-order chi connectivity index (χ0) is 18.7. The Morgan fingerprint density at radius 3 is 2.88 bits per heavy atom. The minimum absolute atomic E-state index is 0.0900. The van der Waals surface area contributed by atoms with Gasteiger partial charge in [0.15, 0.2) is 11.0 Å². The zero-order valence-corrected chi connectivity index (χ0v) is 16.6. The molecule has 8 heteroatoms. The second-order valence-corrected chi connectivity index (χ2v) is 7.81. The van der Waals surface area contributed by atoms with Crippen molar-refractivity contribution in [2.75, 3.05) is 11.9 Å². The maximum absolute atomic E-state index is 12.6. The normalized spacial score (nSPS) is 18.2. The first-order valence-electron chi connectivity index (χ1n) is 9.04. The van der Waals surface area contributed by atoms with Crippen LogP contribution in [0.25, 0.3) is 0 Å². The topological polar surface area (TPSA) is 82.2 Å². The number of carbonyl (C=O) groups excluding carboxylic acids is 1. The minimum atomic E-state index is -0.253. The van der Waals surface area contributed by atoms with Gasteiger partial charge in [-0.2, -0.15) is 0 Å². The molecule has 1 aliphatic heterocycles. The maximum atomic E-state index is 12.6. The number of ether oxygens (including phenoxy) is 1. The highest BCUT2D eigenvalue weighted by molar-refractivity contribution is 8.00. The molecule has 2 aromatic heterocycles. The summed E-state index contributed by atoms with van der Waals surface area (Å²) in [4.78, 5) is 17.3. The third kappa shape index (κ3) is 4.29. The largest absolute Gasteiger partial charge is 0.376 e. The predicted octanol–water partition coefficient (Wildman–Crippen LogP) is 3.48. The van der Waals surface area contributed by atoms with Gasteiger partial charge < -0.3 is 19.1 Å². The molecule has 0 aliphatic carbocycles. The Bertz CT molecular complexity index is 765. The number of aromatic nitrogens is 3. The third-order valence-electron chi connectivity index (χ3n) is 4.62. The van der Waals surface area contributed by atoms with Crippen molar-refractivity contribution in [3.63, 3.8) is 0 Å². The molecule has 7 nitrogen and oxygen atoms in total. The Balaban J connectivity index is 1.72. The average Bonchev–Trinajstić information content (AvgIpc) is 3.32. The Labute approximate surface area is 157 Å². The van der Waals surface area contributed by atoms with Crippen molar-refractivity contribution in [1.29, 1.82) is 0 Å². The van der Waals surface area contributed by atoms with Gasteiger partial charge in [0.25, 0.3) is 0 Å². The van der Waals surface area contributed by atoms with Gasteiger partial charge in [0, 0.05) is 18.4 Å². The van der Waals surface area contributed by atoms with Crippen LogP contribution in [0, 0.1) is 20.8 Å². The number of nitrogens with zero attached hydrogens (tertiary/aromatic N) is 3. The van der Waals surface area contributed by atoms with Gasteiger partial charge in [-0.3, -0.25) is 4.79 Å². The maximum Gasteiger partial charge on any atom is 0.239 e. The molecule has 0 aromatic carbocycles. The van der Waals surface area contributed by atoms with E-state index in [1.807, 2.05) is 13.8 Å². The molecule has 142 valence electrons. The molecule has 0 radical (unpaired) electrons. The summed E-state index contributed by atoms with van der Waals surface area (Å²) < 4.78 is 13.0. The third-order valence-corrected chi connectivity index (χ3v) is 5.98. The van der Waals surface area contributed by atoms with E-state index in [0.29, 0.717) is 18.0 Å². The van der Waals surface area contributed by atoms with Gasteiger partial charge in [-0.1, -0.05) is 23.8 Å². The van der Waals surface area contributed by atoms with E-state index in [1.165, 1.54) is 11.8 Å². The fourth-order valence-corrected chi connectivity index (χ4v) is 4.12. The monoisotopic (exact) mass is 378 g/mol. The molecule has 0 spiro atoms. The van der Waals surface area contributed by atoms with Crippen LogP contribution in [0.3, 0.4) is 0 Å². The highest BCUT2D eigenvalue weighted by Gasteiger charge is 2.25. The van der Waals surface area contributed by atoms with Gasteiger partial charge in [0.1, 0.15) is 5.76 Å². The summed E-state index contributed by atoms with van der Waals surface area (Å²) in [5.74, 6) is 1.02. The summed E-state index contributed by atoms with van der Waals surface area (Å²) >= 11 is 1.49. The highest BCUT2D eigenvalue weighted by Crippen LogP contribution is 2.29. The standard InChI is InChI=1S/C18H26N4O3S/c1-5-15(17(23)20-16-9-11(2)25-21-16)26-18-19-12(3)13(4)22(18)10-14-7-6-8-24-14/h9,14-15H,5-8,10H2,1-4H3,(H,20,21,23). The number of nitrogens with one attached hydrogen (secondary N) is 1. The van der Waals surface area contributed by atoms with E-state index in [9.17, 15) is 4.79 Å². The number of hydrogen-bond acceptors (Lipinski definition) is 6. The van der Waals surface area contributed by atoms with E-state index < -0.39 is 0 Å². The molecule has 1 amide bonds. The van der Waals surface area contributed by atoms with Crippen molar-refractivity contribution in [3.05, 3.63) is 23.2 Å². The van der Waals surface area contributed by atoms with Gasteiger partial charge >= 0.3 is 0 Å². The van der Waals surface area contributed by atoms with E-state index in [0.717, 1.165) is 42.5 Å². The fraction of sp³-hybridized carbons (Fsp3) is 0.611. The summed E-state index contributed by atoms with van der Waals surface area (Å²) in [6, 6.07) is 1.71. The first-order valence-corrected chi connectivity index (χ1v) is 9.92. The second-order valence-electron chi connectivity index (χ2n) is 6.64. The molecule has 3 heterocycles. The van der Waals surface area contributed by atoms with Gasteiger partial charge in [0.2, 0.25) is 5.91 Å².